The molecule has 1 saturated carbocycles. The van der Waals surface area contributed by atoms with E-state index in [9.17, 15) is 8.42 Å². The number of hydrogen-bond acceptors (Lipinski definition) is 5. The van der Waals surface area contributed by atoms with Crippen molar-refractivity contribution in [3.63, 3.8) is 0 Å². The number of aliphatic hydroxyl groups is 1. The zero-order chi connectivity index (χ0) is 14.0. The van der Waals surface area contributed by atoms with Gasteiger partial charge in [0.25, 0.3) is 0 Å². The van der Waals surface area contributed by atoms with Gasteiger partial charge < -0.3 is 14.3 Å². The molecule has 1 fully saturated rings. The van der Waals surface area contributed by atoms with Crippen LogP contribution in [0.2, 0.25) is 0 Å². The summed E-state index contributed by atoms with van der Waals surface area (Å²) in [6.45, 7) is 1.26. The van der Waals surface area contributed by atoms with E-state index in [1.807, 2.05) is 0 Å². The number of rotatable bonds is 5. The van der Waals surface area contributed by atoms with Gasteiger partial charge in [-0.1, -0.05) is 0 Å². The summed E-state index contributed by atoms with van der Waals surface area (Å²) in [5.74, 6) is 0.539. The van der Waals surface area contributed by atoms with Crippen molar-refractivity contribution in [2.45, 2.75) is 49.8 Å². The third-order valence-corrected chi connectivity index (χ3v) is 5.04. The molecule has 7 heteroatoms. The van der Waals surface area contributed by atoms with Crippen LogP contribution in [-0.2, 0) is 21.4 Å². The lowest BCUT2D eigenvalue weighted by Crippen LogP contribution is -2.33. The Morgan fingerprint density at radius 1 is 1.53 bits per heavy atom. The van der Waals surface area contributed by atoms with Crippen LogP contribution in [-0.4, -0.2) is 32.8 Å². The Kier molecular flexibility index (Phi) is 4.29. The smallest absolute Gasteiger partial charge is 0.244 e. The summed E-state index contributed by atoms with van der Waals surface area (Å²) in [5.41, 5.74) is 0. The number of ether oxygens (including phenoxy) is 1. The van der Waals surface area contributed by atoms with Crippen LogP contribution < -0.4 is 4.72 Å². The van der Waals surface area contributed by atoms with E-state index in [1.54, 1.807) is 14.0 Å². The SMILES string of the molecule is COC1CCC(NS(=O)(=O)c2cc(CO)oc2C)C1. The molecule has 1 aliphatic rings. The highest BCUT2D eigenvalue weighted by Crippen LogP contribution is 2.25. The zero-order valence-corrected chi connectivity index (χ0v) is 11.9. The first kappa shape index (κ1) is 14.5. The summed E-state index contributed by atoms with van der Waals surface area (Å²) in [7, 11) is -1.97. The minimum absolute atomic E-state index is 0.0948. The molecule has 0 spiro atoms. The molecule has 0 bridgehead atoms. The van der Waals surface area contributed by atoms with Gasteiger partial charge in [0.2, 0.25) is 10.0 Å². The fourth-order valence-electron chi connectivity index (χ4n) is 2.41. The van der Waals surface area contributed by atoms with E-state index < -0.39 is 10.0 Å². The van der Waals surface area contributed by atoms with Crippen LogP contribution in [0.15, 0.2) is 15.4 Å². The summed E-state index contributed by atoms with van der Waals surface area (Å²) in [4.78, 5) is 0.0948. The Hall–Kier alpha value is -0.890. The molecule has 2 unspecified atom stereocenters. The number of furan rings is 1. The molecule has 19 heavy (non-hydrogen) atoms. The van der Waals surface area contributed by atoms with E-state index in [0.29, 0.717) is 6.42 Å². The molecule has 0 amide bonds. The van der Waals surface area contributed by atoms with Crippen molar-refractivity contribution in [3.05, 3.63) is 17.6 Å². The van der Waals surface area contributed by atoms with Gasteiger partial charge in [-0.2, -0.15) is 0 Å². The number of methoxy groups -OCH3 is 1. The quantitative estimate of drug-likeness (QED) is 0.841. The van der Waals surface area contributed by atoms with Crippen LogP contribution in [0.25, 0.3) is 0 Å². The maximum Gasteiger partial charge on any atom is 0.244 e. The highest BCUT2D eigenvalue weighted by atomic mass is 32.2. The topological polar surface area (TPSA) is 88.8 Å². The molecule has 2 rings (SSSR count). The molecule has 0 radical (unpaired) electrons. The lowest BCUT2D eigenvalue weighted by atomic mass is 10.3. The summed E-state index contributed by atoms with van der Waals surface area (Å²) in [6.07, 6.45) is 2.42. The molecule has 2 atom stereocenters. The van der Waals surface area contributed by atoms with Gasteiger partial charge in [0.05, 0.1) is 6.10 Å². The Balaban J connectivity index is 2.12. The van der Waals surface area contributed by atoms with Gasteiger partial charge in [-0.05, 0) is 26.2 Å². The average molecular weight is 289 g/mol. The Labute approximate surface area is 112 Å². The van der Waals surface area contributed by atoms with Crippen molar-refractivity contribution in [3.8, 4) is 0 Å². The number of sulfonamides is 1. The first-order valence-corrected chi connectivity index (χ1v) is 7.70. The molecule has 0 aliphatic heterocycles. The summed E-state index contributed by atoms with van der Waals surface area (Å²) in [5, 5.41) is 8.97. The van der Waals surface area contributed by atoms with Crippen LogP contribution in [0.1, 0.15) is 30.8 Å². The van der Waals surface area contributed by atoms with Crippen LogP contribution in [0.5, 0.6) is 0 Å². The number of hydrogen-bond donors (Lipinski definition) is 2. The van der Waals surface area contributed by atoms with E-state index in [2.05, 4.69) is 4.72 Å². The van der Waals surface area contributed by atoms with Crippen LogP contribution in [0.4, 0.5) is 0 Å². The van der Waals surface area contributed by atoms with Gasteiger partial charge >= 0.3 is 0 Å². The summed E-state index contributed by atoms with van der Waals surface area (Å²) >= 11 is 0. The number of aryl methyl sites for hydroxylation is 1. The molecular formula is C12H19NO5S. The van der Waals surface area contributed by atoms with Crippen molar-refractivity contribution in [2.75, 3.05) is 7.11 Å². The van der Waals surface area contributed by atoms with E-state index >= 15 is 0 Å². The van der Waals surface area contributed by atoms with E-state index in [0.717, 1.165) is 12.8 Å². The first-order valence-electron chi connectivity index (χ1n) is 6.21. The Morgan fingerprint density at radius 3 is 2.79 bits per heavy atom. The molecule has 108 valence electrons. The lowest BCUT2D eigenvalue weighted by Gasteiger charge is -2.12. The molecular weight excluding hydrogens is 270 g/mol. The Morgan fingerprint density at radius 2 is 2.26 bits per heavy atom. The van der Waals surface area contributed by atoms with Gasteiger partial charge in [0.15, 0.2) is 0 Å². The standard InChI is InChI=1S/C12H19NO5S/c1-8-12(6-11(7-14)18-8)19(15,16)13-9-3-4-10(5-9)17-2/h6,9-10,13-14H,3-5,7H2,1-2H3. The van der Waals surface area contributed by atoms with E-state index in [1.165, 1.54) is 6.07 Å². The predicted octanol–water partition coefficient (Wildman–Crippen LogP) is 0.926. The average Bonchev–Trinajstić information content (AvgIpc) is 2.95. The largest absolute Gasteiger partial charge is 0.462 e. The molecule has 0 aromatic carbocycles. The van der Waals surface area contributed by atoms with Crippen molar-refractivity contribution < 1.29 is 22.7 Å². The third-order valence-electron chi connectivity index (χ3n) is 3.41. The van der Waals surface area contributed by atoms with Gasteiger partial charge in [-0.15, -0.1) is 0 Å². The van der Waals surface area contributed by atoms with Crippen molar-refractivity contribution in [1.29, 1.82) is 0 Å². The third kappa shape index (κ3) is 3.17. The molecule has 1 aromatic heterocycles. The molecule has 2 N–H and O–H groups in total. The first-order chi connectivity index (χ1) is 8.96. The zero-order valence-electron chi connectivity index (χ0n) is 11.0. The molecule has 6 nitrogen and oxygen atoms in total. The lowest BCUT2D eigenvalue weighted by molar-refractivity contribution is 0.107. The second-order valence-electron chi connectivity index (χ2n) is 4.78. The minimum Gasteiger partial charge on any atom is -0.462 e. The predicted molar refractivity (Wildman–Crippen MR) is 68.1 cm³/mol. The summed E-state index contributed by atoms with van der Waals surface area (Å²) < 4.78 is 37.5. The van der Waals surface area contributed by atoms with Crippen LogP contribution in [0, 0.1) is 6.92 Å². The maximum atomic E-state index is 12.2. The van der Waals surface area contributed by atoms with Crippen molar-refractivity contribution in [1.82, 2.24) is 4.72 Å². The number of nitrogens with one attached hydrogen (secondary N) is 1. The highest BCUT2D eigenvalue weighted by Gasteiger charge is 2.30. The second kappa shape index (κ2) is 5.62. The van der Waals surface area contributed by atoms with Gasteiger partial charge in [0.1, 0.15) is 23.0 Å². The molecule has 1 aliphatic carbocycles. The molecule has 1 heterocycles. The second-order valence-corrected chi connectivity index (χ2v) is 6.46. The van der Waals surface area contributed by atoms with Crippen molar-refractivity contribution >= 4 is 10.0 Å². The minimum atomic E-state index is -3.61. The van der Waals surface area contributed by atoms with Crippen LogP contribution >= 0.6 is 0 Å². The van der Waals surface area contributed by atoms with E-state index in [-0.39, 0.29) is 35.2 Å². The fourth-order valence-corrected chi connectivity index (χ4v) is 3.90. The van der Waals surface area contributed by atoms with Gasteiger partial charge in [-0.3, -0.25) is 0 Å². The van der Waals surface area contributed by atoms with Gasteiger partial charge in [-0.25, -0.2) is 13.1 Å². The van der Waals surface area contributed by atoms with E-state index in [4.69, 9.17) is 14.3 Å². The number of aliphatic hydroxyl groups excluding tert-OH is 1. The fraction of sp³-hybridized carbons (Fsp3) is 0.667. The maximum absolute atomic E-state index is 12.2. The summed E-state index contributed by atoms with van der Waals surface area (Å²) in [6, 6.07) is 1.25. The molecule has 1 aromatic rings. The molecule has 0 saturated heterocycles. The van der Waals surface area contributed by atoms with Crippen LogP contribution in [0.3, 0.4) is 0 Å². The Bertz CT molecular complexity index is 536. The highest BCUT2D eigenvalue weighted by molar-refractivity contribution is 7.89. The monoisotopic (exact) mass is 289 g/mol. The normalized spacial score (nSPS) is 23.9. The van der Waals surface area contributed by atoms with Crippen molar-refractivity contribution in [2.24, 2.45) is 0 Å². The van der Waals surface area contributed by atoms with Gasteiger partial charge in [0, 0.05) is 19.2 Å².